The van der Waals surface area contributed by atoms with E-state index in [4.69, 9.17) is 9.47 Å². The maximum absolute atomic E-state index is 11.9. The zero-order chi connectivity index (χ0) is 16.3. The predicted octanol–water partition coefficient (Wildman–Crippen LogP) is 2.84. The normalized spacial score (nSPS) is 11.9. The molecule has 2 aromatic rings. The Morgan fingerprint density at radius 2 is 2.09 bits per heavy atom. The van der Waals surface area contributed by atoms with Gasteiger partial charge >= 0.3 is 5.97 Å². The van der Waals surface area contributed by atoms with Crippen LogP contribution >= 0.6 is 0 Å². The number of hydrogen-bond acceptors (Lipinski definition) is 5. The van der Waals surface area contributed by atoms with Crippen molar-refractivity contribution >= 4 is 24.9 Å². The first-order chi connectivity index (χ1) is 10.3. The van der Waals surface area contributed by atoms with Gasteiger partial charge < -0.3 is 9.47 Å². The van der Waals surface area contributed by atoms with Gasteiger partial charge in [-0.1, -0.05) is 19.6 Å². The van der Waals surface area contributed by atoms with Gasteiger partial charge in [-0.3, -0.25) is 4.98 Å². The molecule has 0 aliphatic carbocycles. The van der Waals surface area contributed by atoms with Crippen LogP contribution in [-0.4, -0.2) is 42.5 Å². The van der Waals surface area contributed by atoms with E-state index < -0.39 is 14.0 Å². The minimum Gasteiger partial charge on any atom is -0.464 e. The molecule has 0 spiro atoms. The van der Waals surface area contributed by atoms with Crippen LogP contribution < -0.4 is 0 Å². The van der Waals surface area contributed by atoms with Crippen LogP contribution in [0.3, 0.4) is 0 Å². The molecule has 0 radical (unpaired) electrons. The van der Waals surface area contributed by atoms with Gasteiger partial charge in [0.1, 0.15) is 6.73 Å². The van der Waals surface area contributed by atoms with Crippen molar-refractivity contribution in [1.29, 1.82) is 0 Å². The summed E-state index contributed by atoms with van der Waals surface area (Å²) in [6.45, 7) is 9.81. The molecule has 0 atom stereocenters. The molecular weight excluding hydrogens is 298 g/mol. The maximum atomic E-state index is 11.9. The molecule has 2 rings (SSSR count). The Morgan fingerprint density at radius 1 is 1.36 bits per heavy atom. The molecule has 120 valence electrons. The Labute approximate surface area is 131 Å². The van der Waals surface area contributed by atoms with Crippen molar-refractivity contribution in [2.75, 3.05) is 13.7 Å². The molecule has 2 heterocycles. The lowest BCUT2D eigenvalue weighted by atomic mass is 10.2. The second kappa shape index (κ2) is 6.58. The fourth-order valence-electron chi connectivity index (χ4n) is 2.05. The fourth-order valence-corrected chi connectivity index (χ4v) is 2.81. The number of ether oxygens (including phenoxy) is 2. The van der Waals surface area contributed by atoms with Crippen LogP contribution in [0.25, 0.3) is 10.9 Å². The van der Waals surface area contributed by atoms with E-state index in [0.29, 0.717) is 19.0 Å². The zero-order valence-corrected chi connectivity index (χ0v) is 14.8. The van der Waals surface area contributed by atoms with Crippen LogP contribution in [0.4, 0.5) is 0 Å². The van der Waals surface area contributed by atoms with E-state index in [1.807, 2.05) is 13.0 Å². The molecule has 2 aromatic heterocycles. The van der Waals surface area contributed by atoms with E-state index in [2.05, 4.69) is 29.7 Å². The van der Waals surface area contributed by atoms with Crippen molar-refractivity contribution in [3.05, 3.63) is 23.7 Å². The largest absolute Gasteiger partial charge is 0.464 e. The van der Waals surface area contributed by atoms with Gasteiger partial charge in [0, 0.05) is 25.8 Å². The first-order valence-electron chi connectivity index (χ1n) is 7.31. The van der Waals surface area contributed by atoms with Gasteiger partial charge in [0.25, 0.3) is 0 Å². The van der Waals surface area contributed by atoms with Crippen molar-refractivity contribution in [1.82, 2.24) is 14.8 Å². The molecule has 0 unspecified atom stereocenters. The number of aromatic nitrogens is 3. The molecule has 0 saturated heterocycles. The standard InChI is InChI=1S/C15H23N3O3Si/c1-11-8-12-13(9-16-11)18(17-14(12)15(19)20-2)10-21-6-7-22(3,4)5/h8-9H,6-7,10H2,1-5H3. The Kier molecular flexibility index (Phi) is 4.97. The molecule has 0 fully saturated rings. The number of rotatable bonds is 6. The summed E-state index contributed by atoms with van der Waals surface area (Å²) in [5, 5.41) is 5.07. The predicted molar refractivity (Wildman–Crippen MR) is 87.7 cm³/mol. The molecule has 0 aliphatic rings. The number of hydrogen-bond donors (Lipinski definition) is 0. The van der Waals surface area contributed by atoms with E-state index in [0.717, 1.165) is 22.6 Å². The highest BCUT2D eigenvalue weighted by Crippen LogP contribution is 2.20. The second-order valence-electron chi connectivity index (χ2n) is 6.53. The molecule has 0 saturated carbocycles. The van der Waals surface area contributed by atoms with Crippen LogP contribution in [0.5, 0.6) is 0 Å². The number of methoxy groups -OCH3 is 1. The van der Waals surface area contributed by atoms with Gasteiger partial charge in [-0.2, -0.15) is 5.10 Å². The molecule has 6 nitrogen and oxygen atoms in total. The Hall–Kier alpha value is -1.73. The van der Waals surface area contributed by atoms with Gasteiger partial charge in [-0.25, -0.2) is 9.48 Å². The van der Waals surface area contributed by atoms with E-state index in [9.17, 15) is 4.79 Å². The monoisotopic (exact) mass is 321 g/mol. The van der Waals surface area contributed by atoms with Gasteiger partial charge in [-0.15, -0.1) is 0 Å². The highest BCUT2D eigenvalue weighted by atomic mass is 28.3. The smallest absolute Gasteiger partial charge is 0.359 e. The van der Waals surface area contributed by atoms with Crippen molar-refractivity contribution in [3.8, 4) is 0 Å². The van der Waals surface area contributed by atoms with E-state index in [-0.39, 0.29) is 0 Å². The van der Waals surface area contributed by atoms with Crippen LogP contribution in [-0.2, 0) is 16.2 Å². The van der Waals surface area contributed by atoms with Crippen LogP contribution in [0.2, 0.25) is 25.7 Å². The summed E-state index contributed by atoms with van der Waals surface area (Å²) in [7, 11) is 0.237. The highest BCUT2D eigenvalue weighted by molar-refractivity contribution is 6.76. The van der Waals surface area contributed by atoms with E-state index in [1.54, 1.807) is 10.9 Å². The van der Waals surface area contributed by atoms with Gasteiger partial charge in [0.15, 0.2) is 5.69 Å². The van der Waals surface area contributed by atoms with Crippen LogP contribution in [0.1, 0.15) is 16.2 Å². The molecule has 0 amide bonds. The lowest BCUT2D eigenvalue weighted by Gasteiger charge is -2.15. The third kappa shape index (κ3) is 3.92. The molecular formula is C15H23N3O3Si. The third-order valence-corrected chi connectivity index (χ3v) is 5.07. The Morgan fingerprint density at radius 3 is 2.73 bits per heavy atom. The number of pyridine rings is 1. The Balaban J connectivity index is 2.21. The number of esters is 1. The summed E-state index contributed by atoms with van der Waals surface area (Å²) >= 11 is 0. The van der Waals surface area contributed by atoms with Crippen molar-refractivity contribution < 1.29 is 14.3 Å². The number of carbonyl (C=O) groups is 1. The fraction of sp³-hybridized carbons (Fsp3) is 0.533. The average Bonchev–Trinajstić information content (AvgIpc) is 2.79. The molecule has 0 bridgehead atoms. The summed E-state index contributed by atoms with van der Waals surface area (Å²) in [5.41, 5.74) is 1.91. The zero-order valence-electron chi connectivity index (χ0n) is 13.8. The average molecular weight is 321 g/mol. The van der Waals surface area contributed by atoms with Gasteiger partial charge in [-0.05, 0) is 19.0 Å². The summed E-state index contributed by atoms with van der Waals surface area (Å²) < 4.78 is 12.2. The van der Waals surface area contributed by atoms with Crippen molar-refractivity contribution in [3.63, 3.8) is 0 Å². The van der Waals surface area contributed by atoms with Crippen LogP contribution in [0, 0.1) is 6.92 Å². The molecule has 7 heteroatoms. The number of carbonyl (C=O) groups excluding carboxylic acids is 1. The summed E-state index contributed by atoms with van der Waals surface area (Å²) in [5.74, 6) is -0.448. The molecule has 0 aromatic carbocycles. The van der Waals surface area contributed by atoms with E-state index in [1.165, 1.54) is 7.11 Å². The number of nitrogens with zero attached hydrogens (tertiary/aromatic N) is 3. The second-order valence-corrected chi connectivity index (χ2v) is 12.2. The minimum absolute atomic E-state index is 0.303. The van der Waals surface area contributed by atoms with Crippen molar-refractivity contribution in [2.45, 2.75) is 39.3 Å². The first-order valence-corrected chi connectivity index (χ1v) is 11.0. The molecule has 0 N–H and O–H groups in total. The SMILES string of the molecule is COC(=O)c1nn(COCC[Si](C)(C)C)c2cnc(C)cc12. The van der Waals surface area contributed by atoms with Gasteiger partial charge in [0.2, 0.25) is 0 Å². The van der Waals surface area contributed by atoms with Crippen LogP contribution in [0.15, 0.2) is 12.3 Å². The summed E-state index contributed by atoms with van der Waals surface area (Å²) in [6, 6.07) is 2.93. The Bertz CT molecular complexity index is 676. The molecule has 22 heavy (non-hydrogen) atoms. The van der Waals surface area contributed by atoms with E-state index >= 15 is 0 Å². The highest BCUT2D eigenvalue weighted by Gasteiger charge is 2.18. The first kappa shape index (κ1) is 16.6. The number of fused-ring (bicyclic) bond motifs is 1. The number of aryl methyl sites for hydroxylation is 1. The van der Waals surface area contributed by atoms with Gasteiger partial charge in [0.05, 0.1) is 18.8 Å². The summed E-state index contributed by atoms with van der Waals surface area (Å²) in [4.78, 5) is 16.1. The quantitative estimate of drug-likeness (QED) is 0.465. The lowest BCUT2D eigenvalue weighted by Crippen LogP contribution is -2.22. The maximum Gasteiger partial charge on any atom is 0.359 e. The third-order valence-electron chi connectivity index (χ3n) is 3.36. The minimum atomic E-state index is -1.12. The molecule has 0 aliphatic heterocycles. The van der Waals surface area contributed by atoms with Crippen molar-refractivity contribution in [2.24, 2.45) is 0 Å². The topological polar surface area (TPSA) is 66.2 Å². The lowest BCUT2D eigenvalue weighted by molar-refractivity contribution is 0.0585. The summed E-state index contributed by atoms with van der Waals surface area (Å²) in [6.07, 6.45) is 1.71.